The zero-order chi connectivity index (χ0) is 32.4. The number of halogens is 1. The highest BCUT2D eigenvalue weighted by molar-refractivity contribution is 8.00. The lowest BCUT2D eigenvalue weighted by atomic mass is 9.87. The molecule has 10 heteroatoms. The van der Waals surface area contributed by atoms with E-state index >= 15 is 0 Å². The molecule has 8 nitrogen and oxygen atoms in total. The van der Waals surface area contributed by atoms with E-state index in [4.69, 9.17) is 9.47 Å². The van der Waals surface area contributed by atoms with Crippen LogP contribution in [-0.4, -0.2) is 94.3 Å². The van der Waals surface area contributed by atoms with Crippen LogP contribution >= 0.6 is 11.8 Å². The first-order valence-corrected chi connectivity index (χ1v) is 17.3. The number of nitrogens with one attached hydrogen (secondary N) is 2. The van der Waals surface area contributed by atoms with E-state index in [1.54, 1.807) is 0 Å². The van der Waals surface area contributed by atoms with Gasteiger partial charge in [-0.3, -0.25) is 4.79 Å². The molecular formula is C32H63FN2O6S. The Morgan fingerprint density at radius 1 is 1.02 bits per heavy atom. The van der Waals surface area contributed by atoms with Crippen molar-refractivity contribution in [2.45, 2.75) is 148 Å². The summed E-state index contributed by atoms with van der Waals surface area (Å²) in [4.78, 5) is 13.3. The lowest BCUT2D eigenvalue weighted by Gasteiger charge is -2.45. The van der Waals surface area contributed by atoms with Crippen molar-refractivity contribution in [3.05, 3.63) is 12.2 Å². The number of aliphatic hydroxyl groups excluding tert-OH is 3. The molecule has 4 heterocycles. The fraction of sp³-hybridized carbons (Fsp3) is 0.906. The molecule has 250 valence electrons. The van der Waals surface area contributed by atoms with Gasteiger partial charge in [0, 0.05) is 18.4 Å². The second kappa shape index (κ2) is 22.7. The number of carbonyl (C=O) groups excluding carboxylic acids is 1. The molecule has 5 N–H and O–H groups in total. The van der Waals surface area contributed by atoms with Gasteiger partial charge in [-0.1, -0.05) is 87.8 Å². The monoisotopic (exact) mass is 622 g/mol. The van der Waals surface area contributed by atoms with E-state index in [0.29, 0.717) is 18.9 Å². The number of alkyl halides is 1. The van der Waals surface area contributed by atoms with Crippen molar-refractivity contribution in [2.75, 3.05) is 19.8 Å². The third-order valence-electron chi connectivity index (χ3n) is 7.13. The molecule has 0 aliphatic carbocycles. The lowest BCUT2D eigenvalue weighted by molar-refractivity contribution is -0.207. The number of fused-ring (bicyclic) bond motifs is 3. The van der Waals surface area contributed by atoms with Crippen LogP contribution in [0.1, 0.15) is 94.9 Å². The van der Waals surface area contributed by atoms with E-state index in [9.17, 15) is 24.5 Å². The molecule has 42 heavy (non-hydrogen) atoms. The summed E-state index contributed by atoms with van der Waals surface area (Å²) >= 11 is 1.11. The van der Waals surface area contributed by atoms with E-state index in [1.807, 2.05) is 60.6 Å². The molecule has 0 aromatic rings. The van der Waals surface area contributed by atoms with Crippen LogP contribution in [-0.2, 0) is 14.3 Å². The van der Waals surface area contributed by atoms with Gasteiger partial charge >= 0.3 is 0 Å². The van der Waals surface area contributed by atoms with Crippen LogP contribution in [0.3, 0.4) is 0 Å². The first kappa shape index (κ1) is 41.2. The van der Waals surface area contributed by atoms with E-state index in [-0.39, 0.29) is 17.9 Å². The second-order valence-electron chi connectivity index (χ2n) is 11.1. The summed E-state index contributed by atoms with van der Waals surface area (Å²) in [5.74, 6) is 0.641. The highest BCUT2D eigenvalue weighted by atomic mass is 32.2. The number of thioether (sulfide) groups is 1. The zero-order valence-electron chi connectivity index (χ0n) is 27.9. The molecule has 0 aromatic heterocycles. The standard InChI is InChI=1S/C22H35FN2O6S.C4H10.3C2H6/c1-11-5-4-7-13(9-23)32-22-18(28)16(26)17(27)20(31-22)14(11)25-21(29)15-19-12(10-24-15)6-2-3-8-30-19;1-4(2)3;3*1-2/h4-5,11-20,22,24,26-28H,2-3,6-10H2,1H3,(H,25,29);4H,1-3H3;3*1-2H3/b5-4-;;;;/t11?,12?,13-,14?,15?,16?,17?,18?,19?,20?,22?;;;;/m0..../s1. The Morgan fingerprint density at radius 3 is 2.24 bits per heavy atom. The van der Waals surface area contributed by atoms with Crippen molar-refractivity contribution in [1.29, 1.82) is 0 Å². The van der Waals surface area contributed by atoms with Gasteiger partial charge in [-0.05, 0) is 37.0 Å². The predicted octanol–water partition coefficient (Wildman–Crippen LogP) is 4.84. The molecule has 0 aromatic carbocycles. The van der Waals surface area contributed by atoms with E-state index in [2.05, 4.69) is 31.4 Å². The molecular weight excluding hydrogens is 559 g/mol. The Labute approximate surface area is 260 Å². The maximum Gasteiger partial charge on any atom is 0.240 e. The summed E-state index contributed by atoms with van der Waals surface area (Å²) in [7, 11) is 0. The smallest absolute Gasteiger partial charge is 0.240 e. The van der Waals surface area contributed by atoms with Crippen molar-refractivity contribution < 1.29 is 34.0 Å². The number of rotatable bonds is 3. The SMILES string of the molecule is CC.CC.CC.CC(C)C.CC1/C=C\C[C@@H](CF)SC2OC(C(O)C(O)C2O)C1NC(=O)C1NCC2CCCCOC21. The molecule has 3 fully saturated rings. The Hall–Kier alpha value is -0.750. The minimum absolute atomic E-state index is 0.193. The van der Waals surface area contributed by atoms with Crippen molar-refractivity contribution in [3.63, 3.8) is 0 Å². The van der Waals surface area contributed by atoms with Crippen molar-refractivity contribution in [1.82, 2.24) is 10.6 Å². The van der Waals surface area contributed by atoms with Crippen LogP contribution in [0.25, 0.3) is 0 Å². The molecule has 1 amide bonds. The molecule has 10 unspecified atom stereocenters. The number of aliphatic hydroxyl groups is 3. The fourth-order valence-corrected chi connectivity index (χ4v) is 6.40. The molecule has 3 saturated heterocycles. The molecule has 4 rings (SSSR count). The number of carbonyl (C=O) groups is 1. The van der Waals surface area contributed by atoms with Crippen LogP contribution in [0.5, 0.6) is 0 Å². The average molecular weight is 623 g/mol. The minimum atomic E-state index is -1.46. The molecule has 11 atom stereocenters. The van der Waals surface area contributed by atoms with Gasteiger partial charge in [0.2, 0.25) is 5.91 Å². The number of hydrogen-bond donors (Lipinski definition) is 5. The molecule has 0 spiro atoms. The van der Waals surface area contributed by atoms with Crippen LogP contribution in [0.15, 0.2) is 12.2 Å². The van der Waals surface area contributed by atoms with E-state index in [1.165, 1.54) is 0 Å². The van der Waals surface area contributed by atoms with E-state index < -0.39 is 53.9 Å². The first-order valence-electron chi connectivity index (χ1n) is 16.4. The Kier molecular flexibility index (Phi) is 22.3. The Bertz CT molecular complexity index is 730. The number of allylic oxidation sites excluding steroid dienone is 1. The number of amides is 1. The van der Waals surface area contributed by atoms with Crippen LogP contribution in [0.4, 0.5) is 4.39 Å². The van der Waals surface area contributed by atoms with Gasteiger partial charge in [-0.15, -0.1) is 11.8 Å². The van der Waals surface area contributed by atoms with Gasteiger partial charge in [0.1, 0.15) is 42.6 Å². The van der Waals surface area contributed by atoms with Crippen LogP contribution in [0, 0.1) is 17.8 Å². The zero-order valence-corrected chi connectivity index (χ0v) is 28.7. The van der Waals surface area contributed by atoms with Gasteiger partial charge in [0.25, 0.3) is 0 Å². The predicted molar refractivity (Wildman–Crippen MR) is 172 cm³/mol. The lowest BCUT2D eigenvalue weighted by Crippen LogP contribution is -2.65. The largest absolute Gasteiger partial charge is 0.388 e. The summed E-state index contributed by atoms with van der Waals surface area (Å²) in [6, 6.07) is -1.14. The normalized spacial score (nSPS) is 38.1. The van der Waals surface area contributed by atoms with Crippen LogP contribution in [0.2, 0.25) is 0 Å². The highest BCUT2D eigenvalue weighted by Gasteiger charge is 2.50. The average Bonchev–Trinajstić information content (AvgIpc) is 3.26. The fourth-order valence-electron chi connectivity index (χ4n) is 5.21. The van der Waals surface area contributed by atoms with Crippen molar-refractivity contribution in [2.24, 2.45) is 17.8 Å². The Morgan fingerprint density at radius 2 is 1.64 bits per heavy atom. The maximum absolute atomic E-state index is 13.5. The number of hydrogen-bond acceptors (Lipinski definition) is 8. The summed E-state index contributed by atoms with van der Waals surface area (Å²) in [6.07, 6.45) is 1.93. The molecule has 2 bridgehead atoms. The van der Waals surface area contributed by atoms with Gasteiger partial charge in [-0.25, -0.2) is 4.39 Å². The van der Waals surface area contributed by atoms with Gasteiger partial charge < -0.3 is 35.4 Å². The quantitative estimate of drug-likeness (QED) is 0.284. The minimum Gasteiger partial charge on any atom is -0.388 e. The van der Waals surface area contributed by atoms with E-state index in [0.717, 1.165) is 43.5 Å². The highest BCUT2D eigenvalue weighted by Crippen LogP contribution is 2.36. The molecule has 4 aliphatic rings. The summed E-state index contributed by atoms with van der Waals surface area (Å²) in [6.45, 7) is 21.1. The summed E-state index contributed by atoms with van der Waals surface area (Å²) < 4.78 is 25.4. The third kappa shape index (κ3) is 12.3. The topological polar surface area (TPSA) is 120 Å². The van der Waals surface area contributed by atoms with Gasteiger partial charge in [0.05, 0.1) is 12.1 Å². The third-order valence-corrected chi connectivity index (χ3v) is 8.49. The summed E-state index contributed by atoms with van der Waals surface area (Å²) in [5.41, 5.74) is -0.906. The first-order chi connectivity index (χ1) is 20.1. The van der Waals surface area contributed by atoms with Gasteiger partial charge in [-0.2, -0.15) is 0 Å². The Balaban J connectivity index is 0.00000150. The second-order valence-corrected chi connectivity index (χ2v) is 12.5. The van der Waals surface area contributed by atoms with Gasteiger partial charge in [0.15, 0.2) is 0 Å². The summed E-state index contributed by atoms with van der Waals surface area (Å²) in [5, 5.41) is 37.5. The number of ether oxygens (including phenoxy) is 2. The molecule has 0 radical (unpaired) electrons. The van der Waals surface area contributed by atoms with Crippen molar-refractivity contribution >= 4 is 17.7 Å². The van der Waals surface area contributed by atoms with Crippen molar-refractivity contribution in [3.8, 4) is 0 Å². The molecule has 4 aliphatic heterocycles. The molecule has 0 saturated carbocycles. The maximum atomic E-state index is 13.5. The van der Waals surface area contributed by atoms with Crippen LogP contribution < -0.4 is 10.6 Å².